The van der Waals surface area contributed by atoms with E-state index in [-0.39, 0.29) is 0 Å². The largest absolute Gasteiger partial charge is 0.327 e. The molecule has 3 atom stereocenters. The van der Waals surface area contributed by atoms with Gasteiger partial charge in [-0.15, -0.1) is 0 Å². The van der Waals surface area contributed by atoms with Crippen LogP contribution in [0.15, 0.2) is 30.3 Å². The molecule has 17 heavy (non-hydrogen) atoms. The van der Waals surface area contributed by atoms with Crippen molar-refractivity contribution < 1.29 is 0 Å². The molecular formula is C15H24N2. The molecular weight excluding hydrogens is 208 g/mol. The molecule has 94 valence electrons. The van der Waals surface area contributed by atoms with E-state index < -0.39 is 0 Å². The van der Waals surface area contributed by atoms with Crippen molar-refractivity contribution in [1.29, 1.82) is 0 Å². The van der Waals surface area contributed by atoms with Gasteiger partial charge in [-0.2, -0.15) is 0 Å². The van der Waals surface area contributed by atoms with Crippen molar-refractivity contribution in [2.75, 3.05) is 14.1 Å². The van der Waals surface area contributed by atoms with Gasteiger partial charge in [-0.1, -0.05) is 43.2 Å². The highest BCUT2D eigenvalue weighted by Crippen LogP contribution is 2.36. The summed E-state index contributed by atoms with van der Waals surface area (Å²) in [4.78, 5) is 2.32. The Hall–Kier alpha value is -0.860. The third kappa shape index (κ3) is 2.88. The lowest BCUT2D eigenvalue weighted by molar-refractivity contribution is 0.151. The van der Waals surface area contributed by atoms with Gasteiger partial charge in [0.25, 0.3) is 0 Å². The van der Waals surface area contributed by atoms with Crippen molar-refractivity contribution in [3.8, 4) is 0 Å². The molecule has 2 heteroatoms. The zero-order valence-corrected chi connectivity index (χ0v) is 11.0. The summed E-state index contributed by atoms with van der Waals surface area (Å²) in [5.74, 6) is 0.598. The zero-order chi connectivity index (χ0) is 12.3. The van der Waals surface area contributed by atoms with Crippen LogP contribution in [0.25, 0.3) is 0 Å². The first-order valence-corrected chi connectivity index (χ1v) is 6.67. The minimum atomic E-state index is 0.358. The molecule has 0 radical (unpaired) electrons. The number of nitrogens with zero attached hydrogens (tertiary/aromatic N) is 1. The number of rotatable bonds is 3. The third-order valence-corrected chi connectivity index (χ3v) is 3.98. The van der Waals surface area contributed by atoms with Crippen molar-refractivity contribution in [1.82, 2.24) is 4.90 Å². The molecule has 1 aliphatic carbocycles. The van der Waals surface area contributed by atoms with Gasteiger partial charge in [-0.3, -0.25) is 0 Å². The van der Waals surface area contributed by atoms with E-state index >= 15 is 0 Å². The van der Waals surface area contributed by atoms with Gasteiger partial charge in [-0.05, 0) is 38.4 Å². The lowest BCUT2D eigenvalue weighted by Gasteiger charge is -2.39. The summed E-state index contributed by atoms with van der Waals surface area (Å²) < 4.78 is 0. The first-order valence-electron chi connectivity index (χ1n) is 6.67. The molecule has 0 amide bonds. The first-order chi connectivity index (χ1) is 8.20. The molecule has 0 unspecified atom stereocenters. The van der Waals surface area contributed by atoms with Crippen LogP contribution in [-0.2, 0) is 0 Å². The van der Waals surface area contributed by atoms with E-state index in [9.17, 15) is 0 Å². The Labute approximate surface area is 105 Å². The molecule has 0 spiro atoms. The van der Waals surface area contributed by atoms with Gasteiger partial charge in [0.2, 0.25) is 0 Å². The second kappa shape index (κ2) is 5.65. The molecule has 0 aliphatic heterocycles. The fraction of sp³-hybridized carbons (Fsp3) is 0.600. The summed E-state index contributed by atoms with van der Waals surface area (Å²) in [7, 11) is 4.33. The summed E-state index contributed by atoms with van der Waals surface area (Å²) in [6.07, 6.45) is 5.07. The molecule has 0 heterocycles. The van der Waals surface area contributed by atoms with Crippen LogP contribution in [0.1, 0.15) is 37.3 Å². The summed E-state index contributed by atoms with van der Waals surface area (Å²) in [6, 6.07) is 11.6. The second-order valence-electron chi connectivity index (χ2n) is 5.43. The van der Waals surface area contributed by atoms with Crippen molar-refractivity contribution in [3.63, 3.8) is 0 Å². The van der Waals surface area contributed by atoms with Crippen LogP contribution in [0, 0.1) is 5.92 Å². The van der Waals surface area contributed by atoms with Gasteiger partial charge in [0.15, 0.2) is 0 Å². The van der Waals surface area contributed by atoms with Crippen LogP contribution in [0.3, 0.4) is 0 Å². The number of benzene rings is 1. The number of hydrogen-bond acceptors (Lipinski definition) is 2. The molecule has 1 saturated carbocycles. The van der Waals surface area contributed by atoms with Crippen LogP contribution in [0.2, 0.25) is 0 Å². The van der Waals surface area contributed by atoms with Gasteiger partial charge in [0, 0.05) is 12.1 Å². The van der Waals surface area contributed by atoms with Gasteiger partial charge in [-0.25, -0.2) is 0 Å². The maximum Gasteiger partial charge on any atom is 0.0384 e. The van der Waals surface area contributed by atoms with E-state index in [0.717, 1.165) is 0 Å². The van der Waals surface area contributed by atoms with Crippen LogP contribution < -0.4 is 5.73 Å². The van der Waals surface area contributed by atoms with Crippen molar-refractivity contribution in [2.24, 2.45) is 11.7 Å². The minimum Gasteiger partial charge on any atom is -0.327 e. The Kier molecular flexibility index (Phi) is 4.19. The van der Waals surface area contributed by atoms with E-state index in [1.54, 1.807) is 0 Å². The smallest absolute Gasteiger partial charge is 0.0384 e. The molecule has 0 aromatic heterocycles. The maximum absolute atomic E-state index is 6.33. The van der Waals surface area contributed by atoms with E-state index in [2.05, 4.69) is 49.3 Å². The molecule has 2 N–H and O–H groups in total. The highest BCUT2D eigenvalue weighted by atomic mass is 15.1. The van der Waals surface area contributed by atoms with Crippen LogP contribution >= 0.6 is 0 Å². The summed E-state index contributed by atoms with van der Waals surface area (Å²) in [6.45, 7) is 0. The van der Waals surface area contributed by atoms with Crippen LogP contribution in [0.5, 0.6) is 0 Å². The molecule has 2 nitrogen and oxygen atoms in total. The van der Waals surface area contributed by atoms with E-state index in [0.29, 0.717) is 18.0 Å². The molecule has 1 aliphatic rings. The summed E-state index contributed by atoms with van der Waals surface area (Å²) >= 11 is 0. The Bertz CT molecular complexity index is 334. The van der Waals surface area contributed by atoms with Crippen molar-refractivity contribution >= 4 is 0 Å². The van der Waals surface area contributed by atoms with Crippen molar-refractivity contribution in [2.45, 2.75) is 37.8 Å². The standard InChI is InChI=1S/C15H24N2/c1-17(2)15(12-8-4-3-5-9-12)13-10-6-7-11-14(13)16/h3-5,8-9,13-15H,6-7,10-11,16H2,1-2H3/t13-,14-,15-/m1/s1. The van der Waals surface area contributed by atoms with Crippen LogP contribution in [0.4, 0.5) is 0 Å². The Morgan fingerprint density at radius 1 is 1.12 bits per heavy atom. The second-order valence-corrected chi connectivity index (χ2v) is 5.43. The van der Waals surface area contributed by atoms with Gasteiger partial charge in [0.05, 0.1) is 0 Å². The molecule has 2 rings (SSSR count). The van der Waals surface area contributed by atoms with Crippen LogP contribution in [-0.4, -0.2) is 25.0 Å². The number of nitrogens with two attached hydrogens (primary N) is 1. The topological polar surface area (TPSA) is 29.3 Å². The molecule has 0 bridgehead atoms. The zero-order valence-electron chi connectivity index (χ0n) is 11.0. The first kappa shape index (κ1) is 12.6. The van der Waals surface area contributed by atoms with E-state index in [1.807, 2.05) is 0 Å². The quantitative estimate of drug-likeness (QED) is 0.868. The molecule has 0 saturated heterocycles. The highest BCUT2D eigenvalue weighted by Gasteiger charge is 2.31. The molecule has 1 fully saturated rings. The third-order valence-electron chi connectivity index (χ3n) is 3.98. The van der Waals surface area contributed by atoms with Gasteiger partial charge < -0.3 is 10.6 Å². The predicted molar refractivity (Wildman–Crippen MR) is 72.8 cm³/mol. The number of hydrogen-bond donors (Lipinski definition) is 1. The predicted octanol–water partition coefficient (Wildman–Crippen LogP) is 2.81. The van der Waals surface area contributed by atoms with E-state index in [1.165, 1.54) is 31.2 Å². The lowest BCUT2D eigenvalue weighted by atomic mass is 9.77. The highest BCUT2D eigenvalue weighted by molar-refractivity contribution is 5.20. The van der Waals surface area contributed by atoms with E-state index in [4.69, 9.17) is 5.73 Å². The Balaban J connectivity index is 2.22. The summed E-state index contributed by atoms with van der Waals surface area (Å²) in [5.41, 5.74) is 7.73. The fourth-order valence-corrected chi connectivity index (χ4v) is 3.16. The molecule has 1 aromatic rings. The van der Waals surface area contributed by atoms with Gasteiger partial charge >= 0.3 is 0 Å². The average molecular weight is 232 g/mol. The lowest BCUT2D eigenvalue weighted by Crippen LogP contribution is -2.41. The Morgan fingerprint density at radius 3 is 2.35 bits per heavy atom. The summed E-state index contributed by atoms with van der Waals surface area (Å²) in [5, 5.41) is 0. The molecule has 1 aromatic carbocycles. The Morgan fingerprint density at radius 2 is 1.76 bits per heavy atom. The fourth-order valence-electron chi connectivity index (χ4n) is 3.16. The SMILES string of the molecule is CN(C)[C@H](c1ccccc1)[C@@H]1CCCC[C@H]1N. The maximum atomic E-state index is 6.33. The monoisotopic (exact) mass is 232 g/mol. The average Bonchev–Trinajstić information content (AvgIpc) is 2.33. The van der Waals surface area contributed by atoms with Crippen molar-refractivity contribution in [3.05, 3.63) is 35.9 Å². The van der Waals surface area contributed by atoms with Gasteiger partial charge in [0.1, 0.15) is 0 Å². The normalized spacial score (nSPS) is 27.1. The minimum absolute atomic E-state index is 0.358.